The minimum Gasteiger partial charge on any atom is -0.436 e. The number of hydrogen-bond donors (Lipinski definition) is 0. The number of carbonyl (C=O) groups excluding carboxylic acids is 1. The molecule has 0 aliphatic rings. The van der Waals surface area contributed by atoms with Crippen molar-refractivity contribution in [3.8, 4) is 0 Å². The molecule has 0 unspecified atom stereocenters. The van der Waals surface area contributed by atoms with E-state index in [1.165, 1.54) is 23.1 Å². The largest absolute Gasteiger partial charge is 0.436 e. The summed E-state index contributed by atoms with van der Waals surface area (Å²) >= 11 is 2.88. The van der Waals surface area contributed by atoms with Crippen LogP contribution in [0.3, 0.4) is 0 Å². The number of oxazole rings is 1. The van der Waals surface area contributed by atoms with Crippen molar-refractivity contribution >= 4 is 29.4 Å². The summed E-state index contributed by atoms with van der Waals surface area (Å²) in [6.45, 7) is 3.80. The van der Waals surface area contributed by atoms with Crippen LogP contribution in [0.25, 0.3) is 0 Å². The SMILES string of the molecule is Cc1nc(Sc2ccc(C=O)s2)oc1C. The average molecular weight is 239 g/mol. The summed E-state index contributed by atoms with van der Waals surface area (Å²) in [4.78, 5) is 15.5. The maximum absolute atomic E-state index is 10.5. The van der Waals surface area contributed by atoms with Gasteiger partial charge in [0.05, 0.1) is 14.8 Å². The van der Waals surface area contributed by atoms with Gasteiger partial charge in [0.2, 0.25) is 0 Å². The van der Waals surface area contributed by atoms with Gasteiger partial charge in [-0.05, 0) is 37.7 Å². The van der Waals surface area contributed by atoms with Crippen molar-refractivity contribution < 1.29 is 9.21 Å². The third-order valence-corrected chi connectivity index (χ3v) is 3.91. The molecule has 3 nitrogen and oxygen atoms in total. The molecule has 78 valence electrons. The fraction of sp³-hybridized carbons (Fsp3) is 0.200. The predicted octanol–water partition coefficient (Wildman–Crippen LogP) is 3.32. The quantitative estimate of drug-likeness (QED) is 0.771. The van der Waals surface area contributed by atoms with Gasteiger partial charge in [-0.2, -0.15) is 0 Å². The minimum absolute atomic E-state index is 0.629. The van der Waals surface area contributed by atoms with Crippen LogP contribution in [0.15, 0.2) is 26.0 Å². The number of rotatable bonds is 3. The topological polar surface area (TPSA) is 43.1 Å². The summed E-state index contributed by atoms with van der Waals surface area (Å²) in [7, 11) is 0. The fourth-order valence-corrected chi connectivity index (χ4v) is 2.90. The third-order valence-electron chi connectivity index (χ3n) is 1.92. The van der Waals surface area contributed by atoms with E-state index < -0.39 is 0 Å². The Kier molecular flexibility index (Phi) is 2.93. The summed E-state index contributed by atoms with van der Waals surface area (Å²) in [5.41, 5.74) is 0.907. The lowest BCUT2D eigenvalue weighted by Crippen LogP contribution is -1.71. The molecule has 0 N–H and O–H groups in total. The first-order valence-electron chi connectivity index (χ1n) is 4.36. The third kappa shape index (κ3) is 2.30. The van der Waals surface area contributed by atoms with Gasteiger partial charge in [0.15, 0.2) is 6.29 Å². The van der Waals surface area contributed by atoms with Crippen LogP contribution in [0.4, 0.5) is 0 Å². The van der Waals surface area contributed by atoms with E-state index in [1.807, 2.05) is 19.9 Å². The average Bonchev–Trinajstić information content (AvgIpc) is 2.76. The second-order valence-electron chi connectivity index (χ2n) is 3.00. The number of aldehydes is 1. The lowest BCUT2D eigenvalue weighted by atomic mass is 10.4. The molecule has 0 aliphatic carbocycles. The molecule has 2 rings (SSSR count). The van der Waals surface area contributed by atoms with E-state index in [1.54, 1.807) is 6.07 Å². The van der Waals surface area contributed by atoms with E-state index >= 15 is 0 Å². The molecule has 15 heavy (non-hydrogen) atoms. The van der Waals surface area contributed by atoms with Crippen LogP contribution >= 0.6 is 23.1 Å². The summed E-state index contributed by atoms with van der Waals surface area (Å²) in [5, 5.41) is 0.629. The van der Waals surface area contributed by atoms with Gasteiger partial charge in [0, 0.05) is 0 Å². The van der Waals surface area contributed by atoms with Crippen LogP contribution in [0.2, 0.25) is 0 Å². The highest BCUT2D eigenvalue weighted by atomic mass is 32.2. The first kappa shape index (κ1) is 10.4. The summed E-state index contributed by atoms with van der Waals surface area (Å²) in [6, 6.07) is 3.69. The second kappa shape index (κ2) is 4.20. The van der Waals surface area contributed by atoms with E-state index in [0.717, 1.165) is 26.8 Å². The van der Waals surface area contributed by atoms with Crippen LogP contribution in [-0.4, -0.2) is 11.3 Å². The molecule has 0 atom stereocenters. The first-order chi connectivity index (χ1) is 7.19. The molecule has 0 fully saturated rings. The molecule has 0 aromatic carbocycles. The van der Waals surface area contributed by atoms with Crippen LogP contribution in [0, 0.1) is 13.8 Å². The molecule has 5 heteroatoms. The Balaban J connectivity index is 2.17. The van der Waals surface area contributed by atoms with Gasteiger partial charge in [-0.25, -0.2) is 4.98 Å². The van der Waals surface area contributed by atoms with Gasteiger partial charge in [-0.3, -0.25) is 4.79 Å². The Morgan fingerprint density at radius 3 is 2.80 bits per heavy atom. The van der Waals surface area contributed by atoms with Crippen LogP contribution in [0.1, 0.15) is 21.1 Å². The molecular weight excluding hydrogens is 230 g/mol. The van der Waals surface area contributed by atoms with Gasteiger partial charge < -0.3 is 4.42 Å². The van der Waals surface area contributed by atoms with Gasteiger partial charge in [0.1, 0.15) is 5.76 Å². The molecule has 0 saturated carbocycles. The summed E-state index contributed by atoms with van der Waals surface area (Å²) in [5.74, 6) is 0.838. The van der Waals surface area contributed by atoms with Gasteiger partial charge in [0.25, 0.3) is 5.22 Å². The number of thiophene rings is 1. The fourth-order valence-electron chi connectivity index (χ4n) is 1.03. The molecule has 2 aromatic rings. The molecule has 0 radical (unpaired) electrons. The molecule has 0 aliphatic heterocycles. The Morgan fingerprint density at radius 1 is 1.47 bits per heavy atom. The summed E-state index contributed by atoms with van der Waals surface area (Å²) in [6.07, 6.45) is 0.848. The highest BCUT2D eigenvalue weighted by molar-refractivity contribution is 8.01. The molecule has 0 saturated heterocycles. The number of nitrogens with zero attached hydrogens (tertiary/aromatic N) is 1. The zero-order valence-corrected chi connectivity index (χ0v) is 9.95. The van der Waals surface area contributed by atoms with Crippen LogP contribution in [-0.2, 0) is 0 Å². The van der Waals surface area contributed by atoms with Crippen molar-refractivity contribution in [3.63, 3.8) is 0 Å². The lowest BCUT2D eigenvalue weighted by molar-refractivity contribution is 0.112. The van der Waals surface area contributed by atoms with Crippen molar-refractivity contribution in [2.45, 2.75) is 23.3 Å². The zero-order valence-electron chi connectivity index (χ0n) is 8.31. The molecular formula is C10H9NO2S2. The standard InChI is InChI=1S/C10H9NO2S2/c1-6-7(2)13-10(11-6)15-9-4-3-8(5-12)14-9/h3-5H,1-2H3. The number of aryl methyl sites for hydroxylation is 2. The van der Waals surface area contributed by atoms with Crippen molar-refractivity contribution in [3.05, 3.63) is 28.5 Å². The highest BCUT2D eigenvalue weighted by Gasteiger charge is 2.08. The molecule has 0 bridgehead atoms. The normalized spacial score (nSPS) is 10.5. The number of aromatic nitrogens is 1. The van der Waals surface area contributed by atoms with Crippen molar-refractivity contribution in [1.29, 1.82) is 0 Å². The number of carbonyl (C=O) groups is 1. The first-order valence-corrected chi connectivity index (χ1v) is 5.99. The van der Waals surface area contributed by atoms with Crippen LogP contribution < -0.4 is 0 Å². The monoisotopic (exact) mass is 239 g/mol. The van der Waals surface area contributed by atoms with E-state index in [9.17, 15) is 4.79 Å². The zero-order chi connectivity index (χ0) is 10.8. The van der Waals surface area contributed by atoms with E-state index in [-0.39, 0.29) is 0 Å². The van der Waals surface area contributed by atoms with Crippen LogP contribution in [0.5, 0.6) is 0 Å². The maximum atomic E-state index is 10.5. The van der Waals surface area contributed by atoms with E-state index in [4.69, 9.17) is 4.42 Å². The Hall–Kier alpha value is -1.07. The predicted molar refractivity (Wildman–Crippen MR) is 59.8 cm³/mol. The maximum Gasteiger partial charge on any atom is 0.261 e. The van der Waals surface area contributed by atoms with Crippen molar-refractivity contribution in [2.24, 2.45) is 0 Å². The second-order valence-corrected chi connectivity index (χ2v) is 5.37. The highest BCUT2D eigenvalue weighted by Crippen LogP contribution is 2.33. The van der Waals surface area contributed by atoms with Gasteiger partial charge >= 0.3 is 0 Å². The minimum atomic E-state index is 0.629. The Bertz CT molecular complexity index is 468. The molecule has 0 spiro atoms. The van der Waals surface area contributed by atoms with E-state index in [0.29, 0.717) is 5.22 Å². The lowest BCUT2D eigenvalue weighted by Gasteiger charge is -1.88. The van der Waals surface area contributed by atoms with Gasteiger partial charge in [-0.1, -0.05) is 0 Å². The smallest absolute Gasteiger partial charge is 0.261 e. The van der Waals surface area contributed by atoms with Crippen molar-refractivity contribution in [1.82, 2.24) is 4.98 Å². The Labute approximate surface area is 95.5 Å². The molecule has 0 amide bonds. The Morgan fingerprint density at radius 2 is 2.27 bits per heavy atom. The molecule has 2 aromatic heterocycles. The van der Waals surface area contributed by atoms with Gasteiger partial charge in [-0.15, -0.1) is 11.3 Å². The molecule has 2 heterocycles. The van der Waals surface area contributed by atoms with E-state index in [2.05, 4.69) is 4.98 Å². The number of hydrogen-bond acceptors (Lipinski definition) is 5. The van der Waals surface area contributed by atoms with Crippen molar-refractivity contribution in [2.75, 3.05) is 0 Å². The summed E-state index contributed by atoms with van der Waals surface area (Å²) < 4.78 is 6.44.